The zero-order valence-corrected chi connectivity index (χ0v) is 46.8. The number of phenolic OH excluding ortho intramolecular Hbond substituents is 1. The Morgan fingerprint density at radius 3 is 2.05 bits per heavy atom. The third-order valence-corrected chi connectivity index (χ3v) is 15.1. The number of primary amides is 1. The molecule has 2 aromatic rings. The van der Waals surface area contributed by atoms with Crippen molar-refractivity contribution in [3.63, 3.8) is 0 Å². The number of cyclic esters (lactones) is 1. The Labute approximate surface area is 474 Å². The van der Waals surface area contributed by atoms with Crippen LogP contribution in [-0.4, -0.2) is 192 Å². The van der Waals surface area contributed by atoms with E-state index in [1.807, 2.05) is 0 Å². The maximum Gasteiger partial charge on any atom is 0.329 e. The highest BCUT2D eigenvalue weighted by molar-refractivity contribution is 5.99. The van der Waals surface area contributed by atoms with E-state index in [9.17, 15) is 78.6 Å². The number of carbonyl (C=O) groups is 10. The first kappa shape index (κ1) is 65.3. The van der Waals surface area contributed by atoms with Crippen LogP contribution in [-0.2, 0) is 65.5 Å². The number of nitrogens with one attached hydrogen (secondary N) is 6. The molecule has 26 nitrogen and oxygen atoms in total. The maximum absolute atomic E-state index is 15.0. The summed E-state index contributed by atoms with van der Waals surface area (Å²) >= 11 is 0. The summed E-state index contributed by atoms with van der Waals surface area (Å²) in [5.41, 5.74) is 6.45. The van der Waals surface area contributed by atoms with Crippen LogP contribution in [0.2, 0.25) is 0 Å². The number of nitrogens with zero attached hydrogens (tertiary/aromatic N) is 2. The van der Waals surface area contributed by atoms with Crippen LogP contribution in [0.4, 0.5) is 0 Å². The second-order valence-corrected chi connectivity index (χ2v) is 21.5. The first-order valence-corrected chi connectivity index (χ1v) is 27.5. The molecule has 2 aliphatic heterocycles. The highest BCUT2D eigenvalue weighted by atomic mass is 16.5. The van der Waals surface area contributed by atoms with Gasteiger partial charge in [-0.15, -0.1) is 0 Å². The lowest BCUT2D eigenvalue weighted by Crippen LogP contribution is -2.67. The lowest BCUT2D eigenvalue weighted by molar-refractivity contribution is -0.170. The Bertz CT molecular complexity index is 2620. The summed E-state index contributed by atoms with van der Waals surface area (Å²) in [6.45, 7) is 6.86. The van der Waals surface area contributed by atoms with E-state index in [-0.39, 0.29) is 50.7 Å². The number of benzene rings is 2. The molecule has 2 heterocycles. The maximum atomic E-state index is 15.0. The molecule has 2 saturated heterocycles. The number of amides is 9. The third-order valence-electron chi connectivity index (χ3n) is 15.1. The van der Waals surface area contributed by atoms with Crippen molar-refractivity contribution in [3.8, 4) is 5.75 Å². The number of hydrogen-bond donors (Lipinski definition) is 13. The van der Waals surface area contributed by atoms with Gasteiger partial charge in [-0.05, 0) is 94.4 Å². The fraction of sp³-hybridized carbons (Fsp3) is 0.571. The van der Waals surface area contributed by atoms with Gasteiger partial charge in [0.15, 0.2) is 0 Å². The summed E-state index contributed by atoms with van der Waals surface area (Å²) in [6.07, 6.45) is -7.46. The Kier molecular flexibility index (Phi) is 23.9. The molecule has 14 N–H and O–H groups in total. The van der Waals surface area contributed by atoms with Crippen LogP contribution in [0.5, 0.6) is 5.75 Å². The van der Waals surface area contributed by atoms with E-state index in [1.54, 1.807) is 50.3 Å². The molecule has 9 amide bonds. The molecule has 450 valence electrons. The van der Waals surface area contributed by atoms with Gasteiger partial charge < -0.3 is 82.8 Å². The van der Waals surface area contributed by atoms with Gasteiger partial charge in [-0.25, -0.2) is 4.79 Å². The SMILES string of the molecule is CC[C@H](C)[C@@H]1NC(=O)[C@H](Cc2ccccc2)N(C)C(=O)[C@H]([C@@H](C)O)N2C(=O)[C@H](CC[C@@H]2O)NC(=O)[C@H](C[C@@H]2C=C[C@H](O)CC2)NC(=O)[C@@H](NC(=O)[C@H](CCC(N)=O)NC(=O)[C@@H](NC(=O)[C@H](O)Cc2ccc(O)cc2)[C@@H](C)O)[C@@H](C)OC1=O. The second-order valence-electron chi connectivity index (χ2n) is 21.5. The van der Waals surface area contributed by atoms with E-state index in [1.165, 1.54) is 51.2 Å². The molecule has 26 heteroatoms. The van der Waals surface area contributed by atoms with Crippen molar-refractivity contribution < 1.29 is 83.3 Å². The molecule has 2 aromatic carbocycles. The molecule has 0 radical (unpaired) electrons. The second kappa shape index (κ2) is 30.0. The van der Waals surface area contributed by atoms with Crippen LogP contribution in [0, 0.1) is 11.8 Å². The summed E-state index contributed by atoms with van der Waals surface area (Å²) < 4.78 is 5.94. The zero-order chi connectivity index (χ0) is 60.7. The van der Waals surface area contributed by atoms with Crippen molar-refractivity contribution in [3.05, 3.63) is 77.9 Å². The Morgan fingerprint density at radius 2 is 1.45 bits per heavy atom. The molecule has 2 fully saturated rings. The lowest BCUT2D eigenvalue weighted by atomic mass is 9.88. The minimum Gasteiger partial charge on any atom is -0.508 e. The van der Waals surface area contributed by atoms with Crippen LogP contribution in [0.3, 0.4) is 0 Å². The minimum atomic E-state index is -2.00. The van der Waals surface area contributed by atoms with Gasteiger partial charge >= 0.3 is 5.97 Å². The number of nitrogens with two attached hydrogens (primary N) is 1. The molecule has 0 spiro atoms. The van der Waals surface area contributed by atoms with Gasteiger partial charge in [-0.1, -0.05) is 74.9 Å². The van der Waals surface area contributed by atoms with Crippen molar-refractivity contribution in [1.82, 2.24) is 41.7 Å². The molecule has 0 aromatic heterocycles. The van der Waals surface area contributed by atoms with Crippen molar-refractivity contribution in [1.29, 1.82) is 0 Å². The first-order valence-electron chi connectivity index (χ1n) is 27.5. The number of hydrogen-bond acceptors (Lipinski definition) is 17. The van der Waals surface area contributed by atoms with Gasteiger partial charge in [0.05, 0.1) is 18.3 Å². The number of phenols is 1. The van der Waals surface area contributed by atoms with E-state index < -0.39 is 169 Å². The standard InChI is InChI=1S/C56H79N9O17/c1-7-28(2)44-56(81)82-31(5)46(63-48(73)37(21-23-42(57)71)58-52(77)45(29(3)66)62-51(76)41(70)27-34-15-19-36(69)20-16-34)53(78)60-39(25-33-13-17-35(68)18-14-33)49(74)59-38-22-24-43(72)65(54(38)79)47(30(4)67)55(80)64(6)40(50(75)61-44)26-32-11-9-8-10-12-32/h8-13,15-17,19-20,28-31,33,35,37-41,43-47,66-70,72H,7,14,18,21-27H2,1-6H3,(H2,57,71)(H,58,77)(H,59,74)(H,60,78)(H,61,75)(H,62,76)(H,63,73)/t28-,29+,30+,31+,33+,35-,37-,38-,39-,40-,41+,43-,44-,45-,46-,47-/m0/s1. The van der Waals surface area contributed by atoms with Gasteiger partial charge in [-0.2, -0.15) is 0 Å². The molecule has 0 unspecified atom stereocenters. The number of fused-ring (bicyclic) bond motifs is 2. The van der Waals surface area contributed by atoms with Crippen molar-refractivity contribution in [2.45, 2.75) is 184 Å². The number of carbonyl (C=O) groups excluding carboxylic acids is 10. The largest absolute Gasteiger partial charge is 0.508 e. The van der Waals surface area contributed by atoms with Crippen LogP contribution >= 0.6 is 0 Å². The van der Waals surface area contributed by atoms with Crippen molar-refractivity contribution >= 4 is 59.1 Å². The van der Waals surface area contributed by atoms with Crippen LogP contribution in [0.25, 0.3) is 0 Å². The smallest absolute Gasteiger partial charge is 0.329 e. The van der Waals surface area contributed by atoms with Crippen molar-refractivity contribution in [2.75, 3.05) is 7.05 Å². The molecule has 16 atom stereocenters. The summed E-state index contributed by atoms with van der Waals surface area (Å²) in [4.78, 5) is 144. The van der Waals surface area contributed by atoms with Crippen molar-refractivity contribution in [2.24, 2.45) is 17.6 Å². The number of rotatable bonds is 19. The Morgan fingerprint density at radius 1 is 0.780 bits per heavy atom. The van der Waals surface area contributed by atoms with Gasteiger partial charge in [0.1, 0.15) is 72.5 Å². The molecule has 82 heavy (non-hydrogen) atoms. The van der Waals surface area contributed by atoms with Gasteiger partial charge in [0, 0.05) is 26.3 Å². The molecular formula is C56H79N9O17. The van der Waals surface area contributed by atoms with Crippen LogP contribution in [0.15, 0.2) is 66.7 Å². The predicted molar refractivity (Wildman–Crippen MR) is 291 cm³/mol. The van der Waals surface area contributed by atoms with Gasteiger partial charge in [0.2, 0.25) is 53.2 Å². The van der Waals surface area contributed by atoms with E-state index in [2.05, 4.69) is 31.9 Å². The zero-order valence-electron chi connectivity index (χ0n) is 46.8. The Balaban J connectivity index is 1.58. The monoisotopic (exact) mass is 1150 g/mol. The first-order chi connectivity index (χ1) is 38.7. The summed E-state index contributed by atoms with van der Waals surface area (Å²) in [6, 6.07) is 0.521. The summed E-state index contributed by atoms with van der Waals surface area (Å²) in [5, 5.41) is 78.9. The third kappa shape index (κ3) is 17.7. The van der Waals surface area contributed by atoms with E-state index >= 15 is 0 Å². The predicted octanol–water partition coefficient (Wildman–Crippen LogP) is -2.68. The lowest BCUT2D eigenvalue weighted by Gasteiger charge is -2.43. The normalized spacial score (nSPS) is 27.3. The quantitative estimate of drug-likeness (QED) is 0.0504. The van der Waals surface area contributed by atoms with E-state index in [4.69, 9.17) is 10.5 Å². The number of allylic oxidation sites excluding steroid dienone is 1. The fourth-order valence-electron chi connectivity index (χ4n) is 9.96. The van der Waals surface area contributed by atoms with Gasteiger partial charge in [-0.3, -0.25) is 43.2 Å². The molecular weight excluding hydrogens is 1070 g/mol. The number of ether oxygens (including phenoxy) is 1. The average molecular weight is 1150 g/mol. The topological polar surface area (TPSA) is 406 Å². The molecule has 0 saturated carbocycles. The average Bonchev–Trinajstić information content (AvgIpc) is 3.52. The van der Waals surface area contributed by atoms with E-state index in [0.29, 0.717) is 17.5 Å². The summed E-state index contributed by atoms with van der Waals surface area (Å²) in [5.74, 6) is -11.9. The minimum absolute atomic E-state index is 0.0723. The number of aliphatic hydroxyl groups is 5. The number of likely N-dealkylation sites (N-methyl/N-ethyl adjacent to an activating group) is 1. The number of aromatic hydroxyl groups is 1. The number of esters is 1. The highest BCUT2D eigenvalue weighted by Gasteiger charge is 2.48. The molecule has 2 bridgehead atoms. The van der Waals surface area contributed by atoms with E-state index in [0.717, 1.165) is 16.7 Å². The van der Waals surface area contributed by atoms with Crippen LogP contribution < -0.4 is 37.6 Å². The fourth-order valence-corrected chi connectivity index (χ4v) is 9.96. The highest BCUT2D eigenvalue weighted by Crippen LogP contribution is 2.27. The summed E-state index contributed by atoms with van der Waals surface area (Å²) in [7, 11) is 1.26. The molecule has 5 rings (SSSR count). The number of piperidine rings is 1. The molecule has 1 aliphatic carbocycles. The van der Waals surface area contributed by atoms with Gasteiger partial charge in [0.25, 0.3) is 0 Å². The van der Waals surface area contributed by atoms with Crippen LogP contribution in [0.1, 0.15) is 97.1 Å². The Hall–Kier alpha value is -7.52. The number of aliphatic hydroxyl groups excluding tert-OH is 5. The molecule has 3 aliphatic rings.